The van der Waals surface area contributed by atoms with Gasteiger partial charge in [0.05, 0.1) is 18.2 Å². The molecule has 0 fully saturated rings. The number of nitrogens with one attached hydrogen (secondary N) is 1. The Morgan fingerprint density at radius 1 is 1.37 bits per heavy atom. The molecule has 0 spiro atoms. The minimum Gasteiger partial charge on any atom is -0.322 e. The Hall–Kier alpha value is -2.67. The number of nitrogens with zero attached hydrogens (tertiary/aromatic N) is 2. The number of pyridine rings is 1. The van der Waals surface area contributed by atoms with Crippen LogP contribution in [0.15, 0.2) is 42.6 Å². The van der Waals surface area contributed by atoms with Crippen molar-refractivity contribution >= 4 is 11.6 Å². The second-order valence-corrected chi connectivity index (χ2v) is 4.14. The van der Waals surface area contributed by atoms with Gasteiger partial charge in [0, 0.05) is 17.4 Å². The second kappa shape index (κ2) is 5.78. The van der Waals surface area contributed by atoms with Crippen LogP contribution in [0.5, 0.6) is 0 Å². The molecular weight excluding hydrogens is 238 g/mol. The molecule has 1 aromatic heterocycles. The van der Waals surface area contributed by atoms with E-state index in [2.05, 4.69) is 10.3 Å². The Morgan fingerprint density at radius 3 is 2.89 bits per heavy atom. The van der Waals surface area contributed by atoms with Crippen LogP contribution in [0.4, 0.5) is 5.69 Å². The number of benzene rings is 1. The van der Waals surface area contributed by atoms with Crippen molar-refractivity contribution in [2.24, 2.45) is 0 Å². The zero-order valence-electron chi connectivity index (χ0n) is 10.6. The molecule has 0 bridgehead atoms. The van der Waals surface area contributed by atoms with Gasteiger partial charge in [-0.3, -0.25) is 9.78 Å². The highest BCUT2D eigenvalue weighted by Gasteiger charge is 2.08. The fourth-order valence-electron chi connectivity index (χ4n) is 1.70. The van der Waals surface area contributed by atoms with Gasteiger partial charge in [0.2, 0.25) is 0 Å². The smallest absolute Gasteiger partial charge is 0.255 e. The van der Waals surface area contributed by atoms with E-state index in [-0.39, 0.29) is 12.3 Å². The summed E-state index contributed by atoms with van der Waals surface area (Å²) in [5.41, 5.74) is 2.89. The fraction of sp³-hybridized carbons (Fsp3) is 0.133. The number of aromatic nitrogens is 1. The minimum absolute atomic E-state index is 0.198. The maximum absolute atomic E-state index is 12.1. The first-order chi connectivity index (χ1) is 9.20. The number of para-hydroxylation sites is 1. The van der Waals surface area contributed by atoms with E-state index in [9.17, 15) is 4.79 Å². The maximum Gasteiger partial charge on any atom is 0.255 e. The molecule has 4 nitrogen and oxygen atoms in total. The zero-order chi connectivity index (χ0) is 13.7. The van der Waals surface area contributed by atoms with Gasteiger partial charge in [-0.05, 0) is 30.7 Å². The summed E-state index contributed by atoms with van der Waals surface area (Å²) in [6, 6.07) is 12.9. The molecule has 2 aromatic rings. The van der Waals surface area contributed by atoms with E-state index in [1.807, 2.05) is 37.3 Å². The van der Waals surface area contributed by atoms with Crippen LogP contribution in [-0.2, 0) is 6.42 Å². The molecule has 0 aliphatic carbocycles. The molecule has 0 aliphatic heterocycles. The number of nitriles is 1. The lowest BCUT2D eigenvalue weighted by atomic mass is 10.1. The number of carbonyl (C=O) groups excluding carboxylic acids is 1. The van der Waals surface area contributed by atoms with Crippen LogP contribution in [0.1, 0.15) is 21.6 Å². The van der Waals surface area contributed by atoms with Crippen molar-refractivity contribution in [2.75, 3.05) is 5.32 Å². The highest BCUT2D eigenvalue weighted by atomic mass is 16.1. The molecule has 19 heavy (non-hydrogen) atoms. The molecule has 2 rings (SSSR count). The Kier molecular flexibility index (Phi) is 3.89. The predicted molar refractivity (Wildman–Crippen MR) is 72.7 cm³/mol. The maximum atomic E-state index is 12.1. The number of aryl methyl sites for hydroxylation is 1. The number of hydrogen-bond donors (Lipinski definition) is 1. The average molecular weight is 251 g/mol. The third kappa shape index (κ3) is 3.17. The Morgan fingerprint density at radius 2 is 2.16 bits per heavy atom. The largest absolute Gasteiger partial charge is 0.322 e. The van der Waals surface area contributed by atoms with Gasteiger partial charge in [-0.15, -0.1) is 0 Å². The van der Waals surface area contributed by atoms with Gasteiger partial charge in [-0.1, -0.05) is 18.2 Å². The molecule has 0 saturated carbocycles. The third-order valence-electron chi connectivity index (χ3n) is 2.73. The highest BCUT2D eigenvalue weighted by molar-refractivity contribution is 6.04. The van der Waals surface area contributed by atoms with Crippen LogP contribution < -0.4 is 5.32 Å². The summed E-state index contributed by atoms with van der Waals surface area (Å²) < 4.78 is 0. The molecule has 4 heteroatoms. The highest BCUT2D eigenvalue weighted by Crippen LogP contribution is 2.14. The van der Waals surface area contributed by atoms with Gasteiger partial charge in [0.25, 0.3) is 5.91 Å². The number of carbonyl (C=O) groups is 1. The van der Waals surface area contributed by atoms with Crippen molar-refractivity contribution in [2.45, 2.75) is 13.3 Å². The summed E-state index contributed by atoms with van der Waals surface area (Å²) in [4.78, 5) is 16.1. The minimum atomic E-state index is -0.198. The Labute approximate surface area is 111 Å². The molecule has 1 N–H and O–H groups in total. The molecule has 1 heterocycles. The van der Waals surface area contributed by atoms with Crippen molar-refractivity contribution in [1.82, 2.24) is 4.98 Å². The van der Waals surface area contributed by atoms with Crippen LogP contribution in [0.3, 0.4) is 0 Å². The fourth-order valence-corrected chi connectivity index (χ4v) is 1.70. The lowest BCUT2D eigenvalue weighted by molar-refractivity contribution is 0.102. The topological polar surface area (TPSA) is 65.8 Å². The SMILES string of the molecule is Cc1ccccc1NC(=O)c1ccnc(CC#N)c1. The van der Waals surface area contributed by atoms with E-state index >= 15 is 0 Å². The molecule has 0 aliphatic rings. The monoisotopic (exact) mass is 251 g/mol. The van der Waals surface area contributed by atoms with E-state index < -0.39 is 0 Å². The average Bonchev–Trinajstić information content (AvgIpc) is 2.42. The number of amides is 1. The second-order valence-electron chi connectivity index (χ2n) is 4.14. The summed E-state index contributed by atoms with van der Waals surface area (Å²) in [5, 5.41) is 11.5. The van der Waals surface area contributed by atoms with Crippen molar-refractivity contribution in [3.8, 4) is 6.07 Å². The molecule has 0 saturated heterocycles. The summed E-state index contributed by atoms with van der Waals surface area (Å²) >= 11 is 0. The molecule has 1 aromatic carbocycles. The van der Waals surface area contributed by atoms with Crippen molar-refractivity contribution in [3.05, 3.63) is 59.4 Å². The van der Waals surface area contributed by atoms with E-state index in [1.165, 1.54) is 0 Å². The van der Waals surface area contributed by atoms with Gasteiger partial charge >= 0.3 is 0 Å². The molecule has 0 radical (unpaired) electrons. The van der Waals surface area contributed by atoms with E-state index in [1.54, 1.807) is 18.3 Å². The first kappa shape index (κ1) is 12.8. The van der Waals surface area contributed by atoms with E-state index in [4.69, 9.17) is 5.26 Å². The van der Waals surface area contributed by atoms with Gasteiger partial charge < -0.3 is 5.32 Å². The molecular formula is C15H13N3O. The van der Waals surface area contributed by atoms with E-state index in [0.717, 1.165) is 11.3 Å². The molecule has 1 amide bonds. The van der Waals surface area contributed by atoms with Crippen molar-refractivity contribution in [1.29, 1.82) is 5.26 Å². The van der Waals surface area contributed by atoms with Crippen molar-refractivity contribution < 1.29 is 4.79 Å². The normalized spacial score (nSPS) is 9.68. The lowest BCUT2D eigenvalue weighted by Gasteiger charge is -2.08. The van der Waals surface area contributed by atoms with Gasteiger partial charge in [0.1, 0.15) is 0 Å². The first-order valence-electron chi connectivity index (χ1n) is 5.89. The summed E-state index contributed by atoms with van der Waals surface area (Å²) in [7, 11) is 0. The van der Waals surface area contributed by atoms with Crippen LogP contribution in [0, 0.1) is 18.3 Å². The summed E-state index contributed by atoms with van der Waals surface area (Å²) in [6.45, 7) is 1.93. The standard InChI is InChI=1S/C15H13N3O/c1-11-4-2-3-5-14(11)18-15(19)12-7-9-17-13(10-12)6-8-16/h2-5,7,9-10H,6H2,1H3,(H,18,19). The summed E-state index contributed by atoms with van der Waals surface area (Å²) in [6.07, 6.45) is 1.74. The lowest BCUT2D eigenvalue weighted by Crippen LogP contribution is -2.13. The third-order valence-corrected chi connectivity index (χ3v) is 2.73. The molecule has 94 valence electrons. The molecule has 0 atom stereocenters. The summed E-state index contributed by atoms with van der Waals surface area (Å²) in [5.74, 6) is -0.198. The van der Waals surface area contributed by atoms with Gasteiger partial charge in [-0.25, -0.2) is 0 Å². The first-order valence-corrected chi connectivity index (χ1v) is 5.89. The van der Waals surface area contributed by atoms with Crippen LogP contribution >= 0.6 is 0 Å². The van der Waals surface area contributed by atoms with Crippen LogP contribution in [0.2, 0.25) is 0 Å². The Bertz CT molecular complexity index is 644. The quantitative estimate of drug-likeness (QED) is 0.912. The zero-order valence-corrected chi connectivity index (χ0v) is 10.6. The number of rotatable bonds is 3. The van der Waals surface area contributed by atoms with Crippen molar-refractivity contribution in [3.63, 3.8) is 0 Å². The van der Waals surface area contributed by atoms with Gasteiger partial charge in [-0.2, -0.15) is 5.26 Å². The van der Waals surface area contributed by atoms with Crippen LogP contribution in [-0.4, -0.2) is 10.9 Å². The molecule has 0 unspecified atom stereocenters. The Balaban J connectivity index is 2.19. The number of hydrogen-bond acceptors (Lipinski definition) is 3. The number of anilines is 1. The van der Waals surface area contributed by atoms with E-state index in [0.29, 0.717) is 11.3 Å². The van der Waals surface area contributed by atoms with Crippen LogP contribution in [0.25, 0.3) is 0 Å². The predicted octanol–water partition coefficient (Wildman–Crippen LogP) is 2.71. The van der Waals surface area contributed by atoms with Gasteiger partial charge in [0.15, 0.2) is 0 Å².